The molecular formula is C15H14BrClN2O3S. The number of hydrogen-bond acceptors (Lipinski definition) is 4. The van der Waals surface area contributed by atoms with Crippen molar-refractivity contribution in [3.8, 4) is 5.88 Å². The molecule has 8 heteroatoms. The average Bonchev–Trinajstić information content (AvgIpc) is 2.46. The van der Waals surface area contributed by atoms with E-state index in [1.807, 2.05) is 6.07 Å². The monoisotopic (exact) mass is 416 g/mol. The number of benzene rings is 1. The molecule has 0 radical (unpaired) electrons. The molecule has 2 aromatic rings. The maximum atomic E-state index is 12.6. The Bertz CT molecular complexity index is 838. The lowest BCUT2D eigenvalue weighted by Gasteiger charge is -2.37. The van der Waals surface area contributed by atoms with Gasteiger partial charge in [0, 0.05) is 11.2 Å². The third kappa shape index (κ3) is 3.38. The zero-order valence-corrected chi connectivity index (χ0v) is 15.4. The van der Waals surface area contributed by atoms with E-state index in [0.29, 0.717) is 16.5 Å². The molecule has 1 fully saturated rings. The second kappa shape index (κ2) is 6.39. The molecule has 0 atom stereocenters. The van der Waals surface area contributed by atoms with Gasteiger partial charge < -0.3 is 4.74 Å². The van der Waals surface area contributed by atoms with Crippen LogP contribution in [0.2, 0.25) is 5.02 Å². The highest BCUT2D eigenvalue weighted by molar-refractivity contribution is 9.10. The lowest BCUT2D eigenvalue weighted by atomic mass is 10.2. The fourth-order valence-corrected chi connectivity index (χ4v) is 4.62. The van der Waals surface area contributed by atoms with Gasteiger partial charge in [0.2, 0.25) is 15.9 Å². The van der Waals surface area contributed by atoms with Crippen molar-refractivity contribution in [3.63, 3.8) is 0 Å². The van der Waals surface area contributed by atoms with Crippen LogP contribution in [-0.2, 0) is 10.0 Å². The topological polar surface area (TPSA) is 59.5 Å². The van der Waals surface area contributed by atoms with Crippen LogP contribution in [0.5, 0.6) is 5.88 Å². The van der Waals surface area contributed by atoms with E-state index >= 15 is 0 Å². The molecule has 0 unspecified atom stereocenters. The molecule has 3 rings (SSSR count). The van der Waals surface area contributed by atoms with E-state index in [2.05, 4.69) is 20.9 Å². The summed E-state index contributed by atoms with van der Waals surface area (Å²) in [6, 6.07) is 8.47. The van der Waals surface area contributed by atoms with Crippen molar-refractivity contribution in [2.45, 2.75) is 17.9 Å². The fraction of sp³-hybridized carbons (Fsp3) is 0.267. The van der Waals surface area contributed by atoms with Crippen LogP contribution in [0.1, 0.15) is 5.56 Å². The van der Waals surface area contributed by atoms with Crippen molar-refractivity contribution in [1.82, 2.24) is 9.29 Å². The van der Waals surface area contributed by atoms with E-state index in [-0.39, 0.29) is 24.1 Å². The summed E-state index contributed by atoms with van der Waals surface area (Å²) in [6.07, 6.45) is 1.42. The van der Waals surface area contributed by atoms with Crippen molar-refractivity contribution >= 4 is 37.6 Å². The first-order chi connectivity index (χ1) is 10.9. The number of aromatic nitrogens is 1. The number of ether oxygens (including phenoxy) is 1. The summed E-state index contributed by atoms with van der Waals surface area (Å²) in [4.78, 5) is 4.36. The average molecular weight is 418 g/mol. The highest BCUT2D eigenvalue weighted by Gasteiger charge is 2.39. The molecular weight excluding hydrogens is 404 g/mol. The Balaban J connectivity index is 1.71. The quantitative estimate of drug-likeness (QED) is 0.766. The van der Waals surface area contributed by atoms with Gasteiger partial charge in [0.25, 0.3) is 0 Å². The van der Waals surface area contributed by atoms with E-state index in [9.17, 15) is 8.42 Å². The molecule has 1 aliphatic heterocycles. The van der Waals surface area contributed by atoms with Gasteiger partial charge in [0.1, 0.15) is 6.10 Å². The van der Waals surface area contributed by atoms with E-state index in [0.717, 1.165) is 4.47 Å². The molecule has 1 aliphatic rings. The summed E-state index contributed by atoms with van der Waals surface area (Å²) < 4.78 is 33.1. The molecule has 0 bridgehead atoms. The van der Waals surface area contributed by atoms with Crippen molar-refractivity contribution in [1.29, 1.82) is 0 Å². The molecule has 2 heterocycles. The zero-order chi connectivity index (χ0) is 16.6. The van der Waals surface area contributed by atoms with Gasteiger partial charge in [-0.25, -0.2) is 13.4 Å². The summed E-state index contributed by atoms with van der Waals surface area (Å²) in [5, 5.41) is 0.403. The molecule has 0 spiro atoms. The molecule has 0 amide bonds. The number of hydrogen-bond donors (Lipinski definition) is 0. The van der Waals surface area contributed by atoms with Gasteiger partial charge in [-0.15, -0.1) is 0 Å². The first-order valence-corrected chi connectivity index (χ1v) is 9.52. The van der Waals surface area contributed by atoms with Crippen molar-refractivity contribution in [2.24, 2.45) is 0 Å². The Morgan fingerprint density at radius 3 is 2.78 bits per heavy atom. The second-order valence-electron chi connectivity index (χ2n) is 5.26. The predicted molar refractivity (Wildman–Crippen MR) is 91.3 cm³/mol. The third-order valence-electron chi connectivity index (χ3n) is 3.59. The Morgan fingerprint density at radius 2 is 2.09 bits per heavy atom. The lowest BCUT2D eigenvalue weighted by Crippen LogP contribution is -2.56. The lowest BCUT2D eigenvalue weighted by molar-refractivity contribution is 0.0713. The predicted octanol–water partition coefficient (Wildman–Crippen LogP) is 3.26. The normalized spacial score (nSPS) is 16.1. The molecule has 1 aromatic carbocycles. The van der Waals surface area contributed by atoms with Gasteiger partial charge >= 0.3 is 0 Å². The Morgan fingerprint density at radius 1 is 1.35 bits per heavy atom. The van der Waals surface area contributed by atoms with Crippen molar-refractivity contribution in [3.05, 3.63) is 51.6 Å². The highest BCUT2D eigenvalue weighted by Crippen LogP contribution is 2.29. The number of pyridine rings is 1. The minimum absolute atomic E-state index is 0.213. The van der Waals surface area contributed by atoms with Crippen LogP contribution in [0.25, 0.3) is 0 Å². The van der Waals surface area contributed by atoms with Crippen LogP contribution >= 0.6 is 27.5 Å². The molecule has 122 valence electrons. The second-order valence-corrected chi connectivity index (χ2v) is 8.46. The molecule has 1 saturated heterocycles. The van der Waals surface area contributed by atoms with Gasteiger partial charge in [-0.05, 0) is 52.7 Å². The van der Waals surface area contributed by atoms with Gasteiger partial charge in [-0.2, -0.15) is 4.31 Å². The molecule has 0 saturated carbocycles. The van der Waals surface area contributed by atoms with Gasteiger partial charge in [-0.1, -0.05) is 17.7 Å². The van der Waals surface area contributed by atoms with Crippen molar-refractivity contribution in [2.75, 3.05) is 13.1 Å². The van der Waals surface area contributed by atoms with Crippen LogP contribution in [-0.4, -0.2) is 36.9 Å². The fourth-order valence-electron chi connectivity index (χ4n) is 2.28. The Labute approximate surface area is 148 Å². The number of rotatable bonds is 4. The highest BCUT2D eigenvalue weighted by atomic mass is 79.9. The van der Waals surface area contributed by atoms with Gasteiger partial charge in [-0.3, -0.25) is 0 Å². The van der Waals surface area contributed by atoms with Crippen molar-refractivity contribution < 1.29 is 13.2 Å². The summed E-state index contributed by atoms with van der Waals surface area (Å²) in [5.41, 5.74) is 0.672. The first-order valence-electron chi connectivity index (χ1n) is 6.91. The third-order valence-corrected chi connectivity index (χ3v) is 6.40. The molecule has 0 aliphatic carbocycles. The van der Waals surface area contributed by atoms with Crippen LogP contribution in [0.15, 0.2) is 45.9 Å². The zero-order valence-electron chi connectivity index (χ0n) is 12.2. The number of sulfonamides is 1. The number of nitrogens with zero attached hydrogens (tertiary/aromatic N) is 2. The standard InChI is InChI=1S/C15H14BrClN2O3S/c1-10-4-5-11(17)7-14(10)23(20,21)19-8-12(9-19)22-15-13(16)3-2-6-18-15/h2-7,12H,8-9H2,1H3. The van der Waals surface area contributed by atoms with E-state index < -0.39 is 10.0 Å². The Hall–Kier alpha value is -1.15. The SMILES string of the molecule is Cc1ccc(Cl)cc1S(=O)(=O)N1CC(Oc2ncccc2Br)C1. The molecule has 0 N–H and O–H groups in total. The summed E-state index contributed by atoms with van der Waals surface area (Å²) in [7, 11) is -3.55. The van der Waals surface area contributed by atoms with E-state index in [1.165, 1.54) is 10.4 Å². The summed E-state index contributed by atoms with van der Waals surface area (Å²) in [5.74, 6) is 0.466. The Kier molecular flexibility index (Phi) is 4.64. The van der Waals surface area contributed by atoms with Crippen LogP contribution in [0.4, 0.5) is 0 Å². The minimum atomic E-state index is -3.55. The molecule has 5 nitrogen and oxygen atoms in total. The van der Waals surface area contributed by atoms with Gasteiger partial charge in [0.15, 0.2) is 0 Å². The van der Waals surface area contributed by atoms with Crippen LogP contribution in [0.3, 0.4) is 0 Å². The molecule has 1 aromatic heterocycles. The maximum absolute atomic E-state index is 12.6. The summed E-state index contributed by atoms with van der Waals surface area (Å²) in [6.45, 7) is 2.33. The minimum Gasteiger partial charge on any atom is -0.471 e. The number of halogens is 2. The largest absolute Gasteiger partial charge is 0.471 e. The molecule has 23 heavy (non-hydrogen) atoms. The maximum Gasteiger partial charge on any atom is 0.243 e. The number of aryl methyl sites for hydroxylation is 1. The van der Waals surface area contributed by atoms with Crippen LogP contribution < -0.4 is 4.74 Å². The van der Waals surface area contributed by atoms with E-state index in [1.54, 1.807) is 31.3 Å². The van der Waals surface area contributed by atoms with E-state index in [4.69, 9.17) is 16.3 Å². The van der Waals surface area contributed by atoms with Gasteiger partial charge in [0.05, 0.1) is 22.5 Å². The van der Waals surface area contributed by atoms with Crippen LogP contribution in [0, 0.1) is 6.92 Å². The summed E-state index contributed by atoms with van der Waals surface area (Å²) >= 11 is 9.27. The smallest absolute Gasteiger partial charge is 0.243 e. The first kappa shape index (κ1) is 16.7.